The van der Waals surface area contributed by atoms with Crippen LogP contribution in [0.15, 0.2) is 24.3 Å². The maximum Gasteiger partial charge on any atom is 0.407 e. The smallest absolute Gasteiger partial charge is 0.407 e. The highest BCUT2D eigenvalue weighted by Gasteiger charge is 2.15. The minimum atomic E-state index is -0.444. The Labute approximate surface area is 129 Å². The maximum absolute atomic E-state index is 11.6. The van der Waals surface area contributed by atoms with Gasteiger partial charge >= 0.3 is 6.09 Å². The topological polar surface area (TPSA) is 38.3 Å². The summed E-state index contributed by atoms with van der Waals surface area (Å²) in [6, 6.07) is 8.62. The average molecular weight is 291 g/mol. The van der Waals surface area contributed by atoms with Crippen LogP contribution in [-0.4, -0.2) is 18.2 Å². The van der Waals surface area contributed by atoms with E-state index < -0.39 is 5.60 Å². The molecule has 0 spiro atoms. The third kappa shape index (κ3) is 7.74. The Bertz CT molecular complexity index is 449. The van der Waals surface area contributed by atoms with E-state index in [-0.39, 0.29) is 6.09 Å². The van der Waals surface area contributed by atoms with Crippen molar-refractivity contribution in [3.8, 4) is 0 Å². The fourth-order valence-corrected chi connectivity index (χ4v) is 2.08. The first kappa shape index (κ1) is 17.5. The van der Waals surface area contributed by atoms with Gasteiger partial charge in [0, 0.05) is 6.54 Å². The summed E-state index contributed by atoms with van der Waals surface area (Å²) < 4.78 is 5.22. The molecule has 0 saturated heterocycles. The van der Waals surface area contributed by atoms with E-state index in [1.165, 1.54) is 17.5 Å². The van der Waals surface area contributed by atoms with Gasteiger partial charge in [-0.3, -0.25) is 0 Å². The van der Waals surface area contributed by atoms with Crippen molar-refractivity contribution < 1.29 is 9.53 Å². The number of hydrogen-bond donors (Lipinski definition) is 1. The predicted molar refractivity (Wildman–Crippen MR) is 87.5 cm³/mol. The van der Waals surface area contributed by atoms with Crippen molar-refractivity contribution >= 4 is 6.09 Å². The molecule has 1 atom stereocenters. The Morgan fingerprint density at radius 3 is 2.57 bits per heavy atom. The second kappa shape index (κ2) is 8.06. The van der Waals surface area contributed by atoms with Crippen molar-refractivity contribution in [2.24, 2.45) is 5.92 Å². The zero-order valence-corrected chi connectivity index (χ0v) is 14.0. The number of carbonyl (C=O) groups excluding carboxylic acids is 1. The number of hydrogen-bond acceptors (Lipinski definition) is 2. The van der Waals surface area contributed by atoms with Crippen molar-refractivity contribution in [1.29, 1.82) is 0 Å². The Balaban J connectivity index is 2.42. The molecule has 1 rings (SSSR count). The van der Waals surface area contributed by atoms with Crippen LogP contribution in [0.25, 0.3) is 0 Å². The highest BCUT2D eigenvalue weighted by atomic mass is 16.6. The lowest BCUT2D eigenvalue weighted by Crippen LogP contribution is -2.33. The standard InChI is InChI=1S/C18H29NO2/c1-6-14(2)12-16-9-7-8-15(13-16)10-11-19-17(20)21-18(3,4)5/h7-9,13-14H,6,10-12H2,1-5H3,(H,19,20). The first-order chi connectivity index (χ1) is 9.80. The van der Waals surface area contributed by atoms with Gasteiger partial charge in [-0.15, -0.1) is 0 Å². The predicted octanol–water partition coefficient (Wildman–Crippen LogP) is 4.34. The summed E-state index contributed by atoms with van der Waals surface area (Å²) in [6.07, 6.45) is 2.79. The van der Waals surface area contributed by atoms with E-state index in [9.17, 15) is 4.79 Å². The molecule has 0 fully saturated rings. The molecule has 1 unspecified atom stereocenters. The van der Waals surface area contributed by atoms with Crippen LogP contribution < -0.4 is 5.32 Å². The van der Waals surface area contributed by atoms with Gasteiger partial charge in [0.05, 0.1) is 0 Å². The van der Waals surface area contributed by atoms with Crippen LogP contribution in [0, 0.1) is 5.92 Å². The normalized spacial score (nSPS) is 12.8. The molecule has 1 aromatic carbocycles. The number of nitrogens with one attached hydrogen (secondary N) is 1. The zero-order valence-electron chi connectivity index (χ0n) is 14.0. The molecule has 0 heterocycles. The quantitative estimate of drug-likeness (QED) is 0.846. The summed E-state index contributed by atoms with van der Waals surface area (Å²) in [5.74, 6) is 0.708. The molecule has 1 amide bonds. The highest BCUT2D eigenvalue weighted by Crippen LogP contribution is 2.13. The van der Waals surface area contributed by atoms with Crippen LogP contribution >= 0.6 is 0 Å². The van der Waals surface area contributed by atoms with E-state index >= 15 is 0 Å². The lowest BCUT2D eigenvalue weighted by atomic mass is 9.97. The largest absolute Gasteiger partial charge is 0.444 e. The highest BCUT2D eigenvalue weighted by molar-refractivity contribution is 5.67. The SMILES string of the molecule is CCC(C)Cc1cccc(CCNC(=O)OC(C)(C)C)c1. The number of amides is 1. The van der Waals surface area contributed by atoms with Crippen LogP contribution in [0.5, 0.6) is 0 Å². The van der Waals surface area contributed by atoms with E-state index in [4.69, 9.17) is 4.74 Å². The summed E-state index contributed by atoms with van der Waals surface area (Å²) in [7, 11) is 0. The maximum atomic E-state index is 11.6. The third-order valence-electron chi connectivity index (χ3n) is 3.35. The number of alkyl carbamates (subject to hydrolysis) is 1. The van der Waals surface area contributed by atoms with Gasteiger partial charge < -0.3 is 10.1 Å². The summed E-state index contributed by atoms with van der Waals surface area (Å²) >= 11 is 0. The molecule has 0 aliphatic carbocycles. The molecule has 0 bridgehead atoms. The van der Waals surface area contributed by atoms with E-state index in [1.807, 2.05) is 20.8 Å². The monoisotopic (exact) mass is 291 g/mol. The second-order valence-corrected chi connectivity index (χ2v) is 6.72. The van der Waals surface area contributed by atoms with Gasteiger partial charge in [0.15, 0.2) is 0 Å². The van der Waals surface area contributed by atoms with E-state index in [0.29, 0.717) is 12.5 Å². The third-order valence-corrected chi connectivity index (χ3v) is 3.35. The van der Waals surface area contributed by atoms with Gasteiger partial charge in [0.2, 0.25) is 0 Å². The molecule has 1 N–H and O–H groups in total. The van der Waals surface area contributed by atoms with E-state index in [2.05, 4.69) is 43.4 Å². The molecule has 3 nitrogen and oxygen atoms in total. The fraction of sp³-hybridized carbons (Fsp3) is 0.611. The van der Waals surface area contributed by atoms with Crippen molar-refractivity contribution in [2.45, 2.75) is 59.5 Å². The Hall–Kier alpha value is -1.51. The zero-order chi connectivity index (χ0) is 15.9. The molecular formula is C18H29NO2. The summed E-state index contributed by atoms with van der Waals surface area (Å²) in [6.45, 7) is 10.7. The Morgan fingerprint density at radius 2 is 1.95 bits per heavy atom. The van der Waals surface area contributed by atoms with Gasteiger partial charge in [-0.05, 0) is 50.7 Å². The van der Waals surface area contributed by atoms with Gasteiger partial charge in [-0.25, -0.2) is 4.79 Å². The minimum absolute atomic E-state index is 0.349. The van der Waals surface area contributed by atoms with Crippen LogP contribution in [0.4, 0.5) is 4.79 Å². The Morgan fingerprint density at radius 1 is 1.29 bits per heavy atom. The molecule has 3 heteroatoms. The first-order valence-corrected chi connectivity index (χ1v) is 7.85. The molecule has 0 aliphatic heterocycles. The lowest BCUT2D eigenvalue weighted by molar-refractivity contribution is 0.0528. The van der Waals surface area contributed by atoms with Crippen LogP contribution in [0.2, 0.25) is 0 Å². The molecule has 0 aromatic heterocycles. The van der Waals surface area contributed by atoms with Crippen molar-refractivity contribution in [3.05, 3.63) is 35.4 Å². The molecular weight excluding hydrogens is 262 g/mol. The van der Waals surface area contributed by atoms with E-state index in [0.717, 1.165) is 12.8 Å². The van der Waals surface area contributed by atoms with Crippen molar-refractivity contribution in [3.63, 3.8) is 0 Å². The molecule has 1 aromatic rings. The average Bonchev–Trinajstić information content (AvgIpc) is 2.37. The molecule has 21 heavy (non-hydrogen) atoms. The minimum Gasteiger partial charge on any atom is -0.444 e. The lowest BCUT2D eigenvalue weighted by Gasteiger charge is -2.19. The van der Waals surface area contributed by atoms with Gasteiger partial charge in [-0.2, -0.15) is 0 Å². The van der Waals surface area contributed by atoms with Crippen molar-refractivity contribution in [1.82, 2.24) is 5.32 Å². The summed E-state index contributed by atoms with van der Waals surface area (Å²) in [5.41, 5.74) is 2.19. The number of carbonyl (C=O) groups is 1. The van der Waals surface area contributed by atoms with Gasteiger partial charge in [-0.1, -0.05) is 44.5 Å². The Kier molecular flexibility index (Phi) is 6.73. The fourth-order valence-electron chi connectivity index (χ4n) is 2.08. The van der Waals surface area contributed by atoms with Crippen molar-refractivity contribution in [2.75, 3.05) is 6.54 Å². The van der Waals surface area contributed by atoms with Gasteiger partial charge in [0.1, 0.15) is 5.60 Å². The molecule has 0 aliphatic rings. The van der Waals surface area contributed by atoms with Crippen LogP contribution in [0.3, 0.4) is 0 Å². The number of rotatable bonds is 6. The summed E-state index contributed by atoms with van der Waals surface area (Å²) in [5, 5.41) is 2.80. The molecule has 0 saturated carbocycles. The van der Waals surface area contributed by atoms with Gasteiger partial charge in [0.25, 0.3) is 0 Å². The number of benzene rings is 1. The second-order valence-electron chi connectivity index (χ2n) is 6.72. The van der Waals surface area contributed by atoms with Crippen LogP contribution in [-0.2, 0) is 17.6 Å². The molecule has 0 radical (unpaired) electrons. The van der Waals surface area contributed by atoms with Crippen LogP contribution in [0.1, 0.15) is 52.2 Å². The number of ether oxygens (including phenoxy) is 1. The van der Waals surface area contributed by atoms with E-state index in [1.54, 1.807) is 0 Å². The molecule has 118 valence electrons. The first-order valence-electron chi connectivity index (χ1n) is 7.85. The summed E-state index contributed by atoms with van der Waals surface area (Å²) in [4.78, 5) is 11.6.